The van der Waals surface area contributed by atoms with Gasteiger partial charge in [0.05, 0.1) is 5.69 Å². The van der Waals surface area contributed by atoms with Gasteiger partial charge in [-0.05, 0) is 62.6 Å². The maximum Gasteiger partial charge on any atom is 0.0570 e. The third-order valence-electron chi connectivity index (χ3n) is 4.70. The first kappa shape index (κ1) is 11.2. The minimum absolute atomic E-state index is 0.385. The van der Waals surface area contributed by atoms with E-state index >= 15 is 0 Å². The molecule has 4 unspecified atom stereocenters. The minimum atomic E-state index is 0.385. The Morgan fingerprint density at radius 2 is 2.29 bits per heavy atom. The molecule has 4 atom stereocenters. The number of fused-ring (bicyclic) bond motifs is 2. The molecule has 17 heavy (non-hydrogen) atoms. The Labute approximate surface area is 104 Å². The van der Waals surface area contributed by atoms with Crippen molar-refractivity contribution >= 4 is 0 Å². The lowest BCUT2D eigenvalue weighted by atomic mass is 9.88. The van der Waals surface area contributed by atoms with E-state index in [1.807, 2.05) is 12.3 Å². The second-order valence-electron chi connectivity index (χ2n) is 5.82. The van der Waals surface area contributed by atoms with E-state index in [1.165, 1.54) is 32.2 Å². The van der Waals surface area contributed by atoms with E-state index in [2.05, 4.69) is 29.4 Å². The van der Waals surface area contributed by atoms with E-state index < -0.39 is 0 Å². The van der Waals surface area contributed by atoms with E-state index in [4.69, 9.17) is 0 Å². The monoisotopic (exact) mass is 230 g/mol. The molecule has 3 rings (SSSR count). The van der Waals surface area contributed by atoms with Crippen LogP contribution in [0.25, 0.3) is 0 Å². The Kier molecular flexibility index (Phi) is 3.15. The summed E-state index contributed by atoms with van der Waals surface area (Å²) in [5.74, 6) is 3.00. The van der Waals surface area contributed by atoms with Crippen molar-refractivity contribution in [3.05, 3.63) is 30.1 Å². The lowest BCUT2D eigenvalue weighted by Crippen LogP contribution is -2.29. The number of pyridine rings is 1. The zero-order valence-electron chi connectivity index (χ0n) is 10.6. The van der Waals surface area contributed by atoms with Crippen molar-refractivity contribution in [3.63, 3.8) is 0 Å². The lowest BCUT2D eigenvalue weighted by molar-refractivity contribution is 0.308. The molecule has 1 N–H and O–H groups in total. The molecule has 2 heteroatoms. The molecule has 0 amide bonds. The second-order valence-corrected chi connectivity index (χ2v) is 5.82. The van der Waals surface area contributed by atoms with Gasteiger partial charge in [-0.2, -0.15) is 0 Å². The highest BCUT2D eigenvalue weighted by Gasteiger charge is 2.39. The van der Waals surface area contributed by atoms with Gasteiger partial charge in [0.15, 0.2) is 0 Å². The molecule has 2 aliphatic rings. The van der Waals surface area contributed by atoms with Gasteiger partial charge in [-0.25, -0.2) is 0 Å². The van der Waals surface area contributed by atoms with Crippen LogP contribution in [0.5, 0.6) is 0 Å². The summed E-state index contributed by atoms with van der Waals surface area (Å²) in [4.78, 5) is 4.41. The number of hydrogen-bond acceptors (Lipinski definition) is 2. The Hall–Kier alpha value is -0.890. The molecule has 2 nitrogen and oxygen atoms in total. The molecule has 0 spiro atoms. The molecular formula is C15H22N2. The fourth-order valence-corrected chi connectivity index (χ4v) is 3.69. The highest BCUT2D eigenvalue weighted by Crippen LogP contribution is 2.48. The van der Waals surface area contributed by atoms with Crippen molar-refractivity contribution in [1.29, 1.82) is 0 Å². The quantitative estimate of drug-likeness (QED) is 0.859. The topological polar surface area (TPSA) is 24.9 Å². The largest absolute Gasteiger partial charge is 0.309 e. The van der Waals surface area contributed by atoms with Crippen LogP contribution in [-0.2, 0) is 0 Å². The molecule has 1 heterocycles. The maximum absolute atomic E-state index is 4.41. The van der Waals surface area contributed by atoms with Crippen molar-refractivity contribution in [2.24, 2.45) is 17.8 Å². The van der Waals surface area contributed by atoms with Crippen LogP contribution in [-0.4, -0.2) is 11.5 Å². The molecule has 2 fully saturated rings. The van der Waals surface area contributed by atoms with Gasteiger partial charge in [0.2, 0.25) is 0 Å². The molecule has 2 bridgehead atoms. The van der Waals surface area contributed by atoms with Crippen molar-refractivity contribution in [1.82, 2.24) is 10.3 Å². The molecule has 2 aliphatic carbocycles. The summed E-state index contributed by atoms with van der Waals surface area (Å²) in [6.45, 7) is 3.40. The summed E-state index contributed by atoms with van der Waals surface area (Å²) < 4.78 is 0. The zero-order chi connectivity index (χ0) is 11.7. The summed E-state index contributed by atoms with van der Waals surface area (Å²) in [5, 5.41) is 3.66. The summed E-state index contributed by atoms with van der Waals surface area (Å²) in [6, 6.07) is 6.54. The highest BCUT2D eigenvalue weighted by atomic mass is 14.9. The first-order valence-electron chi connectivity index (χ1n) is 6.97. The predicted octanol–water partition coefficient (Wildman–Crippen LogP) is 3.17. The minimum Gasteiger partial charge on any atom is -0.309 e. The molecule has 92 valence electrons. The normalized spacial score (nSPS) is 32.9. The van der Waals surface area contributed by atoms with Gasteiger partial charge in [0.1, 0.15) is 0 Å². The van der Waals surface area contributed by atoms with Crippen LogP contribution in [0.4, 0.5) is 0 Å². The van der Waals surface area contributed by atoms with Gasteiger partial charge in [-0.1, -0.05) is 12.5 Å². The van der Waals surface area contributed by atoms with Gasteiger partial charge in [-0.3, -0.25) is 4.98 Å². The first-order valence-corrected chi connectivity index (χ1v) is 6.97. The van der Waals surface area contributed by atoms with E-state index in [9.17, 15) is 0 Å². The van der Waals surface area contributed by atoms with Gasteiger partial charge in [0.25, 0.3) is 0 Å². The molecule has 0 saturated heterocycles. The summed E-state index contributed by atoms with van der Waals surface area (Å²) in [7, 11) is 0. The summed E-state index contributed by atoms with van der Waals surface area (Å²) in [5.41, 5.74) is 1.16. The van der Waals surface area contributed by atoms with Crippen LogP contribution < -0.4 is 5.32 Å². The summed E-state index contributed by atoms with van der Waals surface area (Å²) >= 11 is 0. The fraction of sp³-hybridized carbons (Fsp3) is 0.667. The molecule has 0 aromatic carbocycles. The van der Waals surface area contributed by atoms with Crippen LogP contribution in [0.1, 0.15) is 44.3 Å². The molecule has 1 aromatic heterocycles. The number of nitrogens with zero attached hydrogens (tertiary/aromatic N) is 1. The first-order chi connectivity index (χ1) is 8.33. The SMILES string of the molecule is CC(NCC1CC2CCC1C2)c1ccccn1. The smallest absolute Gasteiger partial charge is 0.0570 e. The van der Waals surface area contributed by atoms with Crippen molar-refractivity contribution in [3.8, 4) is 0 Å². The summed E-state index contributed by atoms with van der Waals surface area (Å²) in [6.07, 6.45) is 7.83. The van der Waals surface area contributed by atoms with Crippen LogP contribution in [0.3, 0.4) is 0 Å². The Bertz CT molecular complexity index is 362. The number of nitrogens with one attached hydrogen (secondary N) is 1. The second kappa shape index (κ2) is 4.77. The van der Waals surface area contributed by atoms with Gasteiger partial charge in [-0.15, -0.1) is 0 Å². The highest BCUT2D eigenvalue weighted by molar-refractivity contribution is 5.07. The van der Waals surface area contributed by atoms with Crippen LogP contribution in [0, 0.1) is 17.8 Å². The lowest BCUT2D eigenvalue weighted by Gasteiger charge is -2.24. The number of aromatic nitrogens is 1. The van der Waals surface area contributed by atoms with Crippen molar-refractivity contribution in [2.75, 3.05) is 6.54 Å². The van der Waals surface area contributed by atoms with Crippen molar-refractivity contribution in [2.45, 2.75) is 38.6 Å². The fourth-order valence-electron chi connectivity index (χ4n) is 3.69. The van der Waals surface area contributed by atoms with E-state index in [-0.39, 0.29) is 0 Å². The average Bonchev–Trinajstić information content (AvgIpc) is 2.99. The van der Waals surface area contributed by atoms with Crippen LogP contribution in [0.15, 0.2) is 24.4 Å². The predicted molar refractivity (Wildman–Crippen MR) is 69.6 cm³/mol. The van der Waals surface area contributed by atoms with Gasteiger partial charge >= 0.3 is 0 Å². The Morgan fingerprint density at radius 1 is 1.35 bits per heavy atom. The van der Waals surface area contributed by atoms with Crippen LogP contribution >= 0.6 is 0 Å². The Balaban J connectivity index is 1.51. The maximum atomic E-state index is 4.41. The van der Waals surface area contributed by atoms with E-state index in [1.54, 1.807) is 0 Å². The van der Waals surface area contributed by atoms with Gasteiger partial charge < -0.3 is 5.32 Å². The Morgan fingerprint density at radius 3 is 2.94 bits per heavy atom. The standard InChI is InChI=1S/C15H22N2/c1-11(15-4-2-3-7-16-15)17-10-14-9-12-5-6-13(14)8-12/h2-4,7,11-14,17H,5-6,8-10H2,1H3. The van der Waals surface area contributed by atoms with Crippen LogP contribution in [0.2, 0.25) is 0 Å². The van der Waals surface area contributed by atoms with Gasteiger partial charge in [0, 0.05) is 12.2 Å². The number of rotatable bonds is 4. The number of hydrogen-bond donors (Lipinski definition) is 1. The molecule has 0 radical (unpaired) electrons. The van der Waals surface area contributed by atoms with E-state index in [0.717, 1.165) is 23.4 Å². The molecule has 2 saturated carbocycles. The molecule has 0 aliphatic heterocycles. The zero-order valence-corrected chi connectivity index (χ0v) is 10.6. The van der Waals surface area contributed by atoms with E-state index in [0.29, 0.717) is 6.04 Å². The average molecular weight is 230 g/mol. The molecule has 1 aromatic rings. The van der Waals surface area contributed by atoms with Crippen molar-refractivity contribution < 1.29 is 0 Å². The third kappa shape index (κ3) is 2.37. The molecular weight excluding hydrogens is 208 g/mol. The third-order valence-corrected chi connectivity index (χ3v) is 4.70.